The highest BCUT2D eigenvalue weighted by Gasteiger charge is 2.20. The van der Waals surface area contributed by atoms with Crippen LogP contribution in [-0.2, 0) is 17.8 Å². The molecule has 2 aliphatic heterocycles. The van der Waals surface area contributed by atoms with Gasteiger partial charge in [0.25, 0.3) is 0 Å². The maximum absolute atomic E-state index is 6.16. The largest absolute Gasteiger partial charge is 0.493 e. The lowest BCUT2D eigenvalue weighted by molar-refractivity contribution is 0.111. The maximum Gasteiger partial charge on any atom is 0.132 e. The minimum atomic E-state index is 0.336. The zero-order valence-electron chi connectivity index (χ0n) is 17.5. The number of nitrogens with one attached hydrogen (secondary N) is 1. The van der Waals surface area contributed by atoms with E-state index in [-0.39, 0.29) is 0 Å². The van der Waals surface area contributed by atoms with Gasteiger partial charge in [0.1, 0.15) is 11.6 Å². The molecule has 5 heteroatoms. The number of nitrogens with zero attached hydrogens (tertiary/aromatic N) is 2. The summed E-state index contributed by atoms with van der Waals surface area (Å²) < 4.78 is 11.9. The summed E-state index contributed by atoms with van der Waals surface area (Å²) in [5.41, 5.74) is 4.80. The van der Waals surface area contributed by atoms with Crippen LogP contribution in [0.5, 0.6) is 5.75 Å². The van der Waals surface area contributed by atoms with Crippen molar-refractivity contribution in [3.05, 3.63) is 28.8 Å². The Labute approximate surface area is 168 Å². The lowest BCUT2D eigenvalue weighted by Gasteiger charge is -2.24. The quantitative estimate of drug-likeness (QED) is 0.722. The third-order valence-electron chi connectivity index (χ3n) is 5.74. The SMILES string of the molecule is Cc1cc2c3c(c(NC(C)C)nc2cc1OCCCN1CCCC1)COCC3. The molecule has 0 saturated carbocycles. The molecule has 0 aliphatic carbocycles. The van der Waals surface area contributed by atoms with Crippen molar-refractivity contribution in [2.75, 3.05) is 38.2 Å². The Balaban J connectivity index is 1.55. The van der Waals surface area contributed by atoms with E-state index in [0.717, 1.165) is 49.7 Å². The third kappa shape index (κ3) is 4.26. The molecule has 4 rings (SSSR count). The molecule has 1 fully saturated rings. The first kappa shape index (κ1) is 19.5. The molecule has 1 N–H and O–H groups in total. The van der Waals surface area contributed by atoms with Gasteiger partial charge in [-0.05, 0) is 76.7 Å². The first-order valence-corrected chi connectivity index (χ1v) is 10.8. The standard InChI is InChI=1S/C23H33N3O2/c1-16(2)24-23-20-15-27-12-7-18(20)19-13-17(3)22(14-21(19)25-23)28-11-6-10-26-8-4-5-9-26/h13-14,16H,4-12,15H2,1-3H3,(H,24,25). The summed E-state index contributed by atoms with van der Waals surface area (Å²) in [7, 11) is 0. The summed E-state index contributed by atoms with van der Waals surface area (Å²) >= 11 is 0. The van der Waals surface area contributed by atoms with Crippen LogP contribution in [0.1, 0.15) is 49.8 Å². The topological polar surface area (TPSA) is 46.6 Å². The number of aryl methyl sites for hydroxylation is 1. The molecule has 28 heavy (non-hydrogen) atoms. The molecule has 0 bridgehead atoms. The summed E-state index contributed by atoms with van der Waals surface area (Å²) in [5.74, 6) is 1.92. The van der Waals surface area contributed by atoms with Crippen molar-refractivity contribution in [2.45, 2.75) is 59.1 Å². The van der Waals surface area contributed by atoms with Gasteiger partial charge >= 0.3 is 0 Å². The number of hydrogen-bond acceptors (Lipinski definition) is 5. The summed E-state index contributed by atoms with van der Waals surface area (Å²) in [6.45, 7) is 12.2. The van der Waals surface area contributed by atoms with E-state index in [4.69, 9.17) is 14.5 Å². The van der Waals surface area contributed by atoms with Gasteiger partial charge in [0.15, 0.2) is 0 Å². The summed E-state index contributed by atoms with van der Waals surface area (Å²) in [6.07, 6.45) is 4.71. The summed E-state index contributed by atoms with van der Waals surface area (Å²) in [6, 6.07) is 4.71. The van der Waals surface area contributed by atoms with Crippen LogP contribution in [0.3, 0.4) is 0 Å². The number of ether oxygens (including phenoxy) is 2. The van der Waals surface area contributed by atoms with Crippen molar-refractivity contribution in [3.63, 3.8) is 0 Å². The predicted octanol–water partition coefficient (Wildman–Crippen LogP) is 4.30. The lowest BCUT2D eigenvalue weighted by atomic mass is 9.97. The summed E-state index contributed by atoms with van der Waals surface area (Å²) in [5, 5.41) is 4.75. The van der Waals surface area contributed by atoms with Crippen LogP contribution in [0.4, 0.5) is 5.82 Å². The Hall–Kier alpha value is -1.85. The Morgan fingerprint density at radius 1 is 1.21 bits per heavy atom. The number of hydrogen-bond donors (Lipinski definition) is 1. The third-order valence-corrected chi connectivity index (χ3v) is 5.74. The van der Waals surface area contributed by atoms with Crippen LogP contribution < -0.4 is 10.1 Å². The molecule has 2 aromatic rings. The molecule has 0 spiro atoms. The van der Waals surface area contributed by atoms with E-state index in [1.807, 2.05) is 0 Å². The number of rotatable bonds is 7. The van der Waals surface area contributed by atoms with Crippen molar-refractivity contribution < 1.29 is 9.47 Å². The monoisotopic (exact) mass is 383 g/mol. The van der Waals surface area contributed by atoms with Crippen molar-refractivity contribution in [3.8, 4) is 5.75 Å². The van der Waals surface area contributed by atoms with Crippen molar-refractivity contribution in [2.24, 2.45) is 0 Å². The molecule has 0 unspecified atom stereocenters. The van der Waals surface area contributed by atoms with E-state index >= 15 is 0 Å². The van der Waals surface area contributed by atoms with Crippen LogP contribution >= 0.6 is 0 Å². The first-order valence-electron chi connectivity index (χ1n) is 10.8. The van der Waals surface area contributed by atoms with Crippen molar-refractivity contribution >= 4 is 16.7 Å². The van der Waals surface area contributed by atoms with Gasteiger partial charge in [0.05, 0.1) is 25.3 Å². The van der Waals surface area contributed by atoms with Crippen LogP contribution in [0.15, 0.2) is 12.1 Å². The molecular weight excluding hydrogens is 350 g/mol. The second-order valence-corrected chi connectivity index (χ2v) is 8.40. The molecule has 1 saturated heterocycles. The van der Waals surface area contributed by atoms with E-state index in [0.29, 0.717) is 12.6 Å². The van der Waals surface area contributed by atoms with Gasteiger partial charge < -0.3 is 19.7 Å². The molecule has 0 atom stereocenters. The zero-order chi connectivity index (χ0) is 19.5. The Kier molecular flexibility index (Phi) is 6.02. The molecule has 0 radical (unpaired) electrons. The number of anilines is 1. The summed E-state index contributed by atoms with van der Waals surface area (Å²) in [4.78, 5) is 7.48. The fourth-order valence-corrected chi connectivity index (χ4v) is 4.32. The smallest absolute Gasteiger partial charge is 0.132 e. The van der Waals surface area contributed by atoms with E-state index < -0.39 is 0 Å². The second kappa shape index (κ2) is 8.66. The van der Waals surface area contributed by atoms with E-state index in [2.05, 4.69) is 43.1 Å². The second-order valence-electron chi connectivity index (χ2n) is 8.40. The molecular formula is C23H33N3O2. The van der Waals surface area contributed by atoms with Crippen LogP contribution in [0.25, 0.3) is 10.9 Å². The highest BCUT2D eigenvalue weighted by Crippen LogP contribution is 2.34. The Morgan fingerprint density at radius 3 is 2.82 bits per heavy atom. The number of pyridine rings is 1. The average molecular weight is 384 g/mol. The number of aromatic nitrogens is 1. The molecule has 5 nitrogen and oxygen atoms in total. The first-order chi connectivity index (χ1) is 13.6. The number of benzene rings is 1. The van der Waals surface area contributed by atoms with Crippen LogP contribution in [0.2, 0.25) is 0 Å². The van der Waals surface area contributed by atoms with Gasteiger partial charge in [-0.1, -0.05) is 0 Å². The molecule has 1 aromatic heterocycles. The molecule has 0 amide bonds. The van der Waals surface area contributed by atoms with E-state index in [1.165, 1.54) is 48.0 Å². The Morgan fingerprint density at radius 2 is 2.04 bits per heavy atom. The minimum Gasteiger partial charge on any atom is -0.493 e. The van der Waals surface area contributed by atoms with Crippen molar-refractivity contribution in [1.29, 1.82) is 0 Å². The molecule has 152 valence electrons. The highest BCUT2D eigenvalue weighted by molar-refractivity contribution is 5.88. The van der Waals surface area contributed by atoms with E-state index in [9.17, 15) is 0 Å². The molecule has 3 heterocycles. The van der Waals surface area contributed by atoms with Gasteiger partial charge in [0, 0.05) is 29.6 Å². The zero-order valence-corrected chi connectivity index (χ0v) is 17.5. The molecule has 2 aliphatic rings. The highest BCUT2D eigenvalue weighted by atomic mass is 16.5. The van der Waals surface area contributed by atoms with Crippen LogP contribution in [0, 0.1) is 6.92 Å². The average Bonchev–Trinajstić information content (AvgIpc) is 3.19. The van der Waals surface area contributed by atoms with Gasteiger partial charge in [0.2, 0.25) is 0 Å². The van der Waals surface area contributed by atoms with E-state index in [1.54, 1.807) is 0 Å². The minimum absolute atomic E-state index is 0.336. The lowest BCUT2D eigenvalue weighted by Crippen LogP contribution is -2.22. The Bertz CT molecular complexity index is 828. The number of fused-ring (bicyclic) bond motifs is 3. The van der Waals surface area contributed by atoms with Crippen LogP contribution in [-0.4, -0.2) is 48.8 Å². The van der Waals surface area contributed by atoms with Gasteiger partial charge in [-0.15, -0.1) is 0 Å². The van der Waals surface area contributed by atoms with Gasteiger partial charge in [-0.25, -0.2) is 4.98 Å². The van der Waals surface area contributed by atoms with Crippen molar-refractivity contribution in [1.82, 2.24) is 9.88 Å². The van der Waals surface area contributed by atoms with Gasteiger partial charge in [-0.2, -0.15) is 0 Å². The molecule has 1 aromatic carbocycles. The fraction of sp³-hybridized carbons (Fsp3) is 0.609. The maximum atomic E-state index is 6.16. The van der Waals surface area contributed by atoms with Gasteiger partial charge in [-0.3, -0.25) is 0 Å². The predicted molar refractivity (Wildman–Crippen MR) is 114 cm³/mol. The normalized spacial score (nSPS) is 17.3. The number of likely N-dealkylation sites (tertiary alicyclic amines) is 1. The fourth-order valence-electron chi connectivity index (χ4n) is 4.32.